The Kier molecular flexibility index (Phi) is 1.54. The van der Waals surface area contributed by atoms with Gasteiger partial charge in [-0.15, -0.1) is 0 Å². The van der Waals surface area contributed by atoms with Gasteiger partial charge in [-0.25, -0.2) is 0 Å². The summed E-state index contributed by atoms with van der Waals surface area (Å²) in [6.45, 7) is 2.17. The lowest BCUT2D eigenvalue weighted by Gasteiger charge is -2.24. The van der Waals surface area contributed by atoms with Gasteiger partial charge in [-0.3, -0.25) is 0 Å². The summed E-state index contributed by atoms with van der Waals surface area (Å²) in [5, 5.41) is 0. The number of hydrogen-bond acceptors (Lipinski definition) is 3. The van der Waals surface area contributed by atoms with E-state index in [0.29, 0.717) is 36.4 Å². The molecule has 0 radical (unpaired) electrons. The first-order chi connectivity index (χ1) is 7.39. The monoisotopic (exact) mass is 208 g/mol. The van der Waals surface area contributed by atoms with Gasteiger partial charge in [-0.1, -0.05) is 12.2 Å². The van der Waals surface area contributed by atoms with Crippen LogP contribution in [0.5, 0.6) is 0 Å². The van der Waals surface area contributed by atoms with Crippen molar-refractivity contribution in [2.75, 3.05) is 27.1 Å². The maximum Gasteiger partial charge on any atom is 0.146 e. The lowest BCUT2D eigenvalue weighted by Crippen LogP contribution is -2.29. The summed E-state index contributed by atoms with van der Waals surface area (Å²) < 4.78 is 16.8. The van der Waals surface area contributed by atoms with Gasteiger partial charge >= 0.3 is 0 Å². The van der Waals surface area contributed by atoms with Crippen molar-refractivity contribution in [1.29, 1.82) is 0 Å². The van der Waals surface area contributed by atoms with Crippen molar-refractivity contribution >= 4 is 0 Å². The molecule has 0 aromatic rings. The minimum Gasteiger partial charge on any atom is -0.377 e. The molecule has 1 saturated heterocycles. The standard InChI is InChI=1S/C12H16O3/c1-13-12-9-2-3-10(12)11(12)8-5-15-6-14-4-7(8)9/h2-3,7-11H,4-6H2,1H3/t7-,8+,9+,10-,11+,12?/m1/s1. The minimum absolute atomic E-state index is 0.138. The maximum atomic E-state index is 5.82. The van der Waals surface area contributed by atoms with Crippen molar-refractivity contribution in [2.24, 2.45) is 29.6 Å². The van der Waals surface area contributed by atoms with E-state index in [1.165, 1.54) is 0 Å². The summed E-state index contributed by atoms with van der Waals surface area (Å²) in [6, 6.07) is 0. The summed E-state index contributed by atoms with van der Waals surface area (Å²) in [5.41, 5.74) is 0.138. The smallest absolute Gasteiger partial charge is 0.146 e. The van der Waals surface area contributed by atoms with Crippen LogP contribution in [0.15, 0.2) is 12.2 Å². The number of methoxy groups -OCH3 is 1. The normalized spacial score (nSPS) is 59.9. The van der Waals surface area contributed by atoms with E-state index < -0.39 is 0 Å². The molecular formula is C12H16O3. The molecule has 0 aromatic heterocycles. The fraction of sp³-hybridized carbons (Fsp3) is 0.833. The van der Waals surface area contributed by atoms with Crippen molar-refractivity contribution < 1.29 is 14.2 Å². The van der Waals surface area contributed by atoms with Crippen LogP contribution < -0.4 is 0 Å². The Balaban J connectivity index is 1.72. The van der Waals surface area contributed by atoms with E-state index in [1.807, 2.05) is 7.11 Å². The molecular weight excluding hydrogens is 192 g/mol. The quantitative estimate of drug-likeness (QED) is 0.603. The Morgan fingerprint density at radius 1 is 1.13 bits per heavy atom. The van der Waals surface area contributed by atoms with Gasteiger partial charge < -0.3 is 14.2 Å². The third-order valence-electron chi connectivity index (χ3n) is 4.98. The highest BCUT2D eigenvalue weighted by Gasteiger charge is 2.79. The minimum atomic E-state index is 0.138. The molecule has 6 atom stereocenters. The number of rotatable bonds is 1. The molecule has 0 spiro atoms. The van der Waals surface area contributed by atoms with Crippen LogP contribution in [0.3, 0.4) is 0 Å². The number of hydrogen-bond donors (Lipinski definition) is 0. The molecule has 4 aliphatic rings. The van der Waals surface area contributed by atoms with Crippen LogP contribution in [-0.4, -0.2) is 32.7 Å². The molecule has 3 nitrogen and oxygen atoms in total. The van der Waals surface area contributed by atoms with E-state index in [4.69, 9.17) is 14.2 Å². The zero-order valence-corrected chi connectivity index (χ0v) is 8.89. The first kappa shape index (κ1) is 8.74. The summed E-state index contributed by atoms with van der Waals surface area (Å²) >= 11 is 0. The highest BCUT2D eigenvalue weighted by atomic mass is 16.7. The lowest BCUT2D eigenvalue weighted by atomic mass is 9.85. The van der Waals surface area contributed by atoms with E-state index in [0.717, 1.165) is 13.2 Å². The van der Waals surface area contributed by atoms with Crippen molar-refractivity contribution in [1.82, 2.24) is 0 Å². The second-order valence-electron chi connectivity index (χ2n) is 5.21. The van der Waals surface area contributed by atoms with Crippen LogP contribution >= 0.6 is 0 Å². The zero-order valence-electron chi connectivity index (χ0n) is 8.89. The predicted octanol–water partition coefficient (Wildman–Crippen LogP) is 1.05. The number of fused-ring (bicyclic) bond motifs is 4. The van der Waals surface area contributed by atoms with Crippen LogP contribution in [0.1, 0.15) is 0 Å². The number of ether oxygens (including phenoxy) is 3. The van der Waals surface area contributed by atoms with Crippen LogP contribution in [0, 0.1) is 29.6 Å². The van der Waals surface area contributed by atoms with Gasteiger partial charge in [-0.2, -0.15) is 0 Å². The zero-order chi connectivity index (χ0) is 10.0. The third-order valence-corrected chi connectivity index (χ3v) is 4.98. The van der Waals surface area contributed by atoms with Gasteiger partial charge in [-0.05, 0) is 11.8 Å². The Labute approximate surface area is 89.4 Å². The van der Waals surface area contributed by atoms with E-state index in [9.17, 15) is 0 Å². The SMILES string of the molecule is COC12[C@H]3[C@H]4COCOC[C@H]4[C@@H]1C=C[C@H]32. The average molecular weight is 208 g/mol. The Hall–Kier alpha value is -0.380. The van der Waals surface area contributed by atoms with E-state index in [1.54, 1.807) is 0 Å². The average Bonchev–Trinajstić information content (AvgIpc) is 2.80. The van der Waals surface area contributed by atoms with Crippen molar-refractivity contribution in [3.05, 3.63) is 12.2 Å². The fourth-order valence-electron chi connectivity index (χ4n) is 4.44. The molecule has 3 aliphatic carbocycles. The van der Waals surface area contributed by atoms with Gasteiger partial charge in [0.25, 0.3) is 0 Å². The molecule has 0 aromatic carbocycles. The molecule has 3 fully saturated rings. The van der Waals surface area contributed by atoms with Crippen LogP contribution in [0.4, 0.5) is 0 Å². The maximum absolute atomic E-state index is 5.82. The van der Waals surface area contributed by atoms with Gasteiger partial charge in [0.15, 0.2) is 0 Å². The first-order valence-electron chi connectivity index (χ1n) is 5.78. The first-order valence-corrected chi connectivity index (χ1v) is 5.78. The molecule has 0 amide bonds. The van der Waals surface area contributed by atoms with E-state index >= 15 is 0 Å². The Morgan fingerprint density at radius 2 is 1.87 bits per heavy atom. The Bertz CT molecular complexity index is 327. The largest absolute Gasteiger partial charge is 0.377 e. The van der Waals surface area contributed by atoms with E-state index in [-0.39, 0.29) is 5.60 Å². The highest BCUT2D eigenvalue weighted by molar-refractivity contribution is 5.38. The highest BCUT2D eigenvalue weighted by Crippen LogP contribution is 2.74. The molecule has 3 heteroatoms. The topological polar surface area (TPSA) is 27.7 Å². The molecule has 15 heavy (non-hydrogen) atoms. The predicted molar refractivity (Wildman–Crippen MR) is 53.1 cm³/mol. The Morgan fingerprint density at radius 3 is 2.67 bits per heavy atom. The van der Waals surface area contributed by atoms with Crippen molar-refractivity contribution in [3.8, 4) is 0 Å². The van der Waals surface area contributed by atoms with Gasteiger partial charge in [0, 0.05) is 24.9 Å². The van der Waals surface area contributed by atoms with Crippen molar-refractivity contribution in [2.45, 2.75) is 5.60 Å². The molecule has 82 valence electrons. The van der Waals surface area contributed by atoms with Crippen molar-refractivity contribution in [3.63, 3.8) is 0 Å². The summed E-state index contributed by atoms with van der Waals surface area (Å²) in [7, 11) is 1.86. The molecule has 4 rings (SSSR count). The lowest BCUT2D eigenvalue weighted by molar-refractivity contribution is -0.0478. The molecule has 1 heterocycles. The van der Waals surface area contributed by atoms with Crippen LogP contribution in [-0.2, 0) is 14.2 Å². The summed E-state index contributed by atoms with van der Waals surface area (Å²) in [5.74, 6) is 3.20. The van der Waals surface area contributed by atoms with Crippen LogP contribution in [0.2, 0.25) is 0 Å². The van der Waals surface area contributed by atoms with Gasteiger partial charge in [0.05, 0.1) is 18.8 Å². The summed E-state index contributed by atoms with van der Waals surface area (Å²) in [4.78, 5) is 0. The van der Waals surface area contributed by atoms with E-state index in [2.05, 4.69) is 12.2 Å². The van der Waals surface area contributed by atoms with Gasteiger partial charge in [0.2, 0.25) is 0 Å². The second-order valence-corrected chi connectivity index (χ2v) is 5.21. The van der Waals surface area contributed by atoms with Crippen LogP contribution in [0.25, 0.3) is 0 Å². The summed E-state index contributed by atoms with van der Waals surface area (Å²) in [6.07, 6.45) is 4.71. The second kappa shape index (κ2) is 2.65. The molecule has 0 N–H and O–H groups in total. The molecule has 0 bridgehead atoms. The van der Waals surface area contributed by atoms with Gasteiger partial charge in [0.1, 0.15) is 6.79 Å². The molecule has 1 unspecified atom stereocenters. The molecule has 1 aliphatic heterocycles. The third kappa shape index (κ3) is 0.811. The fourth-order valence-corrected chi connectivity index (χ4v) is 4.44. The molecule has 2 saturated carbocycles.